The largest absolute Gasteiger partial charge is 0.481 e. The summed E-state index contributed by atoms with van der Waals surface area (Å²) in [6.07, 6.45) is 3.65. The summed E-state index contributed by atoms with van der Waals surface area (Å²) in [5.74, 6) is -1.07. The molecule has 19 heavy (non-hydrogen) atoms. The Morgan fingerprint density at radius 1 is 1.42 bits per heavy atom. The molecule has 0 spiro atoms. The molecule has 1 aliphatic carbocycles. The highest BCUT2D eigenvalue weighted by molar-refractivity contribution is 5.70. The Bertz CT molecular complexity index is 300. The van der Waals surface area contributed by atoms with Gasteiger partial charge in [0.1, 0.15) is 0 Å². The topological polar surface area (TPSA) is 89.8 Å². The number of aliphatic hydroxyl groups is 2. The van der Waals surface area contributed by atoms with Gasteiger partial charge in [-0.15, -0.1) is 0 Å². The highest BCUT2D eigenvalue weighted by Crippen LogP contribution is 2.32. The van der Waals surface area contributed by atoms with E-state index in [0.29, 0.717) is 38.6 Å². The molecular formula is C14H27NO4. The van der Waals surface area contributed by atoms with Crippen LogP contribution in [0.1, 0.15) is 52.4 Å². The van der Waals surface area contributed by atoms with Crippen molar-refractivity contribution >= 4 is 5.97 Å². The van der Waals surface area contributed by atoms with E-state index in [9.17, 15) is 9.90 Å². The highest BCUT2D eigenvalue weighted by Gasteiger charge is 2.37. The summed E-state index contributed by atoms with van der Waals surface area (Å²) in [7, 11) is 0. The molecule has 0 amide bonds. The number of aliphatic carboxylic acids is 1. The minimum atomic E-state index is -0.808. The van der Waals surface area contributed by atoms with Gasteiger partial charge in [0.25, 0.3) is 0 Å². The van der Waals surface area contributed by atoms with E-state index in [0.717, 1.165) is 6.42 Å². The van der Waals surface area contributed by atoms with Crippen molar-refractivity contribution in [2.24, 2.45) is 5.92 Å². The Labute approximate surface area is 115 Å². The molecule has 1 fully saturated rings. The predicted molar refractivity (Wildman–Crippen MR) is 72.9 cm³/mol. The zero-order valence-electron chi connectivity index (χ0n) is 12.0. The van der Waals surface area contributed by atoms with Gasteiger partial charge in [0, 0.05) is 18.7 Å². The van der Waals surface area contributed by atoms with Gasteiger partial charge in [-0.25, -0.2) is 0 Å². The minimum Gasteiger partial charge on any atom is -0.481 e. The van der Waals surface area contributed by atoms with Crippen molar-refractivity contribution in [3.8, 4) is 0 Å². The Kier molecular flexibility index (Phi) is 5.77. The van der Waals surface area contributed by atoms with Crippen molar-refractivity contribution < 1.29 is 20.1 Å². The summed E-state index contributed by atoms with van der Waals surface area (Å²) in [6.45, 7) is 4.67. The molecule has 1 unspecified atom stereocenters. The first kappa shape index (κ1) is 16.4. The van der Waals surface area contributed by atoms with E-state index >= 15 is 0 Å². The van der Waals surface area contributed by atoms with Crippen molar-refractivity contribution in [3.63, 3.8) is 0 Å². The molecule has 0 heterocycles. The van der Waals surface area contributed by atoms with Gasteiger partial charge in [0.05, 0.1) is 11.5 Å². The lowest BCUT2D eigenvalue weighted by molar-refractivity contribution is -0.144. The van der Waals surface area contributed by atoms with Crippen LogP contribution in [0.4, 0.5) is 0 Å². The fourth-order valence-corrected chi connectivity index (χ4v) is 2.59. The van der Waals surface area contributed by atoms with Gasteiger partial charge >= 0.3 is 5.97 Å². The van der Waals surface area contributed by atoms with Crippen molar-refractivity contribution in [2.45, 2.75) is 63.5 Å². The fraction of sp³-hybridized carbons (Fsp3) is 0.929. The molecule has 0 radical (unpaired) electrons. The highest BCUT2D eigenvalue weighted by atomic mass is 16.4. The summed E-state index contributed by atoms with van der Waals surface area (Å²) in [5, 5.41) is 31.8. The molecule has 0 aliphatic heterocycles. The van der Waals surface area contributed by atoms with Crippen LogP contribution in [-0.4, -0.2) is 45.6 Å². The molecule has 5 nitrogen and oxygen atoms in total. The lowest BCUT2D eigenvalue weighted by atomic mass is 9.78. The summed E-state index contributed by atoms with van der Waals surface area (Å²) in [4.78, 5) is 10.9. The zero-order valence-corrected chi connectivity index (χ0v) is 12.0. The summed E-state index contributed by atoms with van der Waals surface area (Å²) < 4.78 is 0. The number of rotatable bonds is 7. The molecule has 0 aromatic rings. The number of carbonyl (C=O) groups is 1. The molecule has 0 saturated heterocycles. The van der Waals surface area contributed by atoms with Crippen LogP contribution in [0.2, 0.25) is 0 Å². The molecule has 0 aromatic carbocycles. The Morgan fingerprint density at radius 3 is 2.42 bits per heavy atom. The van der Waals surface area contributed by atoms with Crippen LogP contribution in [0.15, 0.2) is 0 Å². The maximum absolute atomic E-state index is 10.9. The van der Waals surface area contributed by atoms with Gasteiger partial charge < -0.3 is 20.6 Å². The van der Waals surface area contributed by atoms with E-state index < -0.39 is 11.6 Å². The first-order chi connectivity index (χ1) is 8.84. The second-order valence-electron chi connectivity index (χ2n) is 6.08. The number of β-amino-alcohol motifs (C(OH)–C–C–N with tert-alkyl or cyclic N) is 1. The average Bonchev–Trinajstić information content (AvgIpc) is 2.37. The second kappa shape index (κ2) is 6.68. The van der Waals surface area contributed by atoms with E-state index in [1.807, 2.05) is 13.8 Å². The molecule has 5 heteroatoms. The molecule has 0 bridgehead atoms. The fourth-order valence-electron chi connectivity index (χ4n) is 2.59. The van der Waals surface area contributed by atoms with Crippen molar-refractivity contribution in [3.05, 3.63) is 0 Å². The van der Waals surface area contributed by atoms with Crippen LogP contribution in [0.3, 0.4) is 0 Å². The van der Waals surface area contributed by atoms with Crippen LogP contribution >= 0.6 is 0 Å². The zero-order chi connectivity index (χ0) is 14.5. The number of hydrogen-bond donors (Lipinski definition) is 4. The summed E-state index contributed by atoms with van der Waals surface area (Å²) in [5.41, 5.74) is -0.980. The van der Waals surface area contributed by atoms with E-state index in [-0.39, 0.29) is 18.1 Å². The van der Waals surface area contributed by atoms with Crippen molar-refractivity contribution in [1.82, 2.24) is 5.32 Å². The Hall–Kier alpha value is -0.650. The van der Waals surface area contributed by atoms with Gasteiger partial charge in [0.2, 0.25) is 0 Å². The smallest absolute Gasteiger partial charge is 0.306 e. The van der Waals surface area contributed by atoms with Crippen LogP contribution < -0.4 is 5.32 Å². The summed E-state index contributed by atoms with van der Waals surface area (Å²) in [6, 6.07) is 0. The standard InChI is InChI=1S/C14H27NO4/c1-3-13(2,8-9-16)15-10-14(19)6-4-11(5-7-14)12(17)18/h11,15-16,19H,3-10H2,1-2H3,(H,17,18). The van der Waals surface area contributed by atoms with Gasteiger partial charge in [-0.3, -0.25) is 4.79 Å². The average molecular weight is 273 g/mol. The third-order valence-electron chi connectivity index (χ3n) is 4.55. The van der Waals surface area contributed by atoms with Gasteiger partial charge in [-0.05, 0) is 45.4 Å². The van der Waals surface area contributed by atoms with E-state index in [4.69, 9.17) is 10.2 Å². The molecule has 1 rings (SSSR count). The predicted octanol–water partition coefficient (Wildman–Crippen LogP) is 1.13. The SMILES string of the molecule is CCC(C)(CCO)NCC1(O)CCC(C(=O)O)CC1. The van der Waals surface area contributed by atoms with E-state index in [1.54, 1.807) is 0 Å². The van der Waals surface area contributed by atoms with Crippen LogP contribution in [0.5, 0.6) is 0 Å². The van der Waals surface area contributed by atoms with Gasteiger partial charge in [-0.2, -0.15) is 0 Å². The molecule has 1 saturated carbocycles. The van der Waals surface area contributed by atoms with Crippen LogP contribution in [-0.2, 0) is 4.79 Å². The van der Waals surface area contributed by atoms with Crippen LogP contribution in [0.25, 0.3) is 0 Å². The third-order valence-corrected chi connectivity index (χ3v) is 4.55. The first-order valence-electron chi connectivity index (χ1n) is 7.15. The second-order valence-corrected chi connectivity index (χ2v) is 6.08. The lowest BCUT2D eigenvalue weighted by Crippen LogP contribution is -2.52. The minimum absolute atomic E-state index is 0.122. The summed E-state index contributed by atoms with van der Waals surface area (Å²) >= 11 is 0. The molecule has 1 atom stereocenters. The van der Waals surface area contributed by atoms with Crippen molar-refractivity contribution in [1.29, 1.82) is 0 Å². The number of hydrogen-bond acceptors (Lipinski definition) is 4. The number of carboxylic acids is 1. The normalized spacial score (nSPS) is 30.8. The molecule has 0 aromatic heterocycles. The Morgan fingerprint density at radius 2 is 2.00 bits per heavy atom. The van der Waals surface area contributed by atoms with Crippen molar-refractivity contribution in [2.75, 3.05) is 13.2 Å². The number of carboxylic acid groups (broad SMARTS) is 1. The van der Waals surface area contributed by atoms with E-state index in [1.165, 1.54) is 0 Å². The lowest BCUT2D eigenvalue weighted by Gasteiger charge is -2.39. The monoisotopic (exact) mass is 273 g/mol. The molecule has 112 valence electrons. The Balaban J connectivity index is 2.46. The molecular weight excluding hydrogens is 246 g/mol. The molecule has 4 N–H and O–H groups in total. The maximum Gasteiger partial charge on any atom is 0.306 e. The molecule has 1 aliphatic rings. The van der Waals surface area contributed by atoms with Gasteiger partial charge in [-0.1, -0.05) is 6.92 Å². The third kappa shape index (κ3) is 4.75. The van der Waals surface area contributed by atoms with Gasteiger partial charge in [0.15, 0.2) is 0 Å². The maximum atomic E-state index is 10.9. The quantitative estimate of drug-likeness (QED) is 0.558. The number of aliphatic hydroxyl groups excluding tert-OH is 1. The number of nitrogens with one attached hydrogen (secondary N) is 1. The van der Waals surface area contributed by atoms with E-state index in [2.05, 4.69) is 5.32 Å². The first-order valence-corrected chi connectivity index (χ1v) is 7.15. The van der Waals surface area contributed by atoms with Crippen LogP contribution in [0, 0.1) is 5.92 Å².